The summed E-state index contributed by atoms with van der Waals surface area (Å²) in [6.45, 7) is 1.50. The van der Waals surface area contributed by atoms with Gasteiger partial charge in [-0.15, -0.1) is 0 Å². The first-order valence-electron chi connectivity index (χ1n) is 32.3. The molecule has 5 aromatic heterocycles. The van der Waals surface area contributed by atoms with Crippen molar-refractivity contribution in [3.8, 4) is 0 Å². The first-order valence-corrected chi connectivity index (χ1v) is 38.2. The number of hydrogen-bond acceptors (Lipinski definition) is 16. The number of ketones is 1. The molecule has 0 saturated heterocycles. The fourth-order valence-corrected chi connectivity index (χ4v) is 15.5. The third kappa shape index (κ3) is 18.7. The summed E-state index contributed by atoms with van der Waals surface area (Å²) >= 11 is 0. The van der Waals surface area contributed by atoms with Crippen molar-refractivity contribution in [2.75, 3.05) is 36.6 Å². The highest BCUT2D eigenvalue weighted by Gasteiger charge is 2.24. The fourth-order valence-electron chi connectivity index (χ4n) is 10.8. The van der Waals surface area contributed by atoms with E-state index in [1.54, 1.807) is 220 Å². The Labute approximate surface area is 607 Å². The van der Waals surface area contributed by atoms with Crippen LogP contribution in [0.1, 0.15) is 23.0 Å². The minimum atomic E-state index is -3.68. The van der Waals surface area contributed by atoms with Crippen molar-refractivity contribution in [1.29, 1.82) is 0 Å². The Kier molecular flexibility index (Phi) is 23.3. The van der Waals surface area contributed by atoms with Gasteiger partial charge < -0.3 is 11.1 Å². The Morgan fingerprint density at radius 3 is 1.46 bits per heavy atom. The van der Waals surface area contributed by atoms with Crippen LogP contribution in [-0.4, -0.2) is 77.3 Å². The highest BCUT2D eigenvalue weighted by Crippen LogP contribution is 2.31. The lowest BCUT2D eigenvalue weighted by atomic mass is 10.1. The number of hydrogen-bond donors (Lipinski definition) is 5. The van der Waals surface area contributed by atoms with E-state index in [9.17, 15) is 43.3 Å². The van der Waals surface area contributed by atoms with Gasteiger partial charge in [-0.2, -0.15) is 0 Å². The number of benzene rings is 10. The molecule has 105 heavy (non-hydrogen) atoms. The lowest BCUT2D eigenvalue weighted by Crippen LogP contribution is -2.26. The maximum absolute atomic E-state index is 12.9. The van der Waals surface area contributed by atoms with Gasteiger partial charge in [-0.05, 0) is 145 Å². The largest absolute Gasteiger partial charge is 0.383 e. The van der Waals surface area contributed by atoms with Gasteiger partial charge in [-0.25, -0.2) is 38.7 Å². The van der Waals surface area contributed by atoms with Gasteiger partial charge >= 0.3 is 0 Å². The second kappa shape index (κ2) is 33.3. The number of anilines is 6. The number of carbonyl (C=O) groups excluding carboxylic acids is 2. The zero-order chi connectivity index (χ0) is 74.0. The van der Waals surface area contributed by atoms with Crippen molar-refractivity contribution in [2.45, 2.75) is 32.9 Å². The Balaban J connectivity index is 0.000000131. The van der Waals surface area contributed by atoms with Gasteiger partial charge in [0.1, 0.15) is 11.6 Å². The number of aromatic nitrogens is 5. The van der Waals surface area contributed by atoms with Crippen molar-refractivity contribution in [3.63, 3.8) is 0 Å². The Morgan fingerprint density at radius 1 is 0.390 bits per heavy atom. The standard InChI is InChI=1S/C18H16N2O3S.C16H14N2O2S.C16H12N2O.C15H13N3O2S.C15H12N2O2S/c1-13(21)10-15-11-17-14(12-19-15)6-5-9-18(17)20-24(22,23)16-7-3-2-4-8-16;1-18(14-7-3-2-4-8-14)21(19,20)16-9-5-6-13-12-17-11-10-15(13)16;19-16(18-13-6-2-1-3-7-13)15-8-4-5-12-11-17-10-9-14(12)15;16-15-13-7-4-8-14(12(13)9-10-17-15)18-21(19,20)11-5-2-1-3-6-11;18-20(19,15-4-2-1-3-5-15)17-14-7-6-13-11-16-9-8-12(13)10-14/h2-9,11-12,20H,10H2,1H3;2-12H,1H3;1-11H,(H,18,19);1-10,18H,(H2,16,17);1-11,17H. The summed E-state index contributed by atoms with van der Waals surface area (Å²) in [5, 5.41) is 11.1. The van der Waals surface area contributed by atoms with Gasteiger partial charge in [-0.3, -0.25) is 48.0 Å². The summed E-state index contributed by atoms with van der Waals surface area (Å²) in [6.07, 6.45) is 13.6. The Hall–Kier alpha value is -12.8. The van der Waals surface area contributed by atoms with Crippen LogP contribution in [0.25, 0.3) is 53.9 Å². The molecule has 25 heteroatoms. The number of fused-ring (bicyclic) bond motifs is 5. The highest BCUT2D eigenvalue weighted by atomic mass is 32.2. The number of nitrogens with two attached hydrogens (primary N) is 1. The molecule has 21 nitrogen and oxygen atoms in total. The number of pyridine rings is 5. The van der Waals surface area contributed by atoms with E-state index >= 15 is 0 Å². The molecule has 6 N–H and O–H groups in total. The lowest BCUT2D eigenvalue weighted by molar-refractivity contribution is -0.116. The molecule has 15 aromatic rings. The quantitative estimate of drug-likeness (QED) is 0.0600. The first kappa shape index (κ1) is 73.4. The van der Waals surface area contributed by atoms with E-state index in [0.717, 1.165) is 38.0 Å². The third-order valence-corrected chi connectivity index (χ3v) is 22.0. The van der Waals surface area contributed by atoms with E-state index < -0.39 is 40.1 Å². The monoisotopic (exact) mass is 1470 g/mol. The number of Topliss-reactive ketones (excluding diaryl/α,β-unsaturated/α-hetero) is 1. The summed E-state index contributed by atoms with van der Waals surface area (Å²) in [6, 6.07) is 78.8. The number of sulfonamides is 4. The second-order valence-electron chi connectivity index (χ2n) is 23.3. The van der Waals surface area contributed by atoms with Gasteiger partial charge in [0.25, 0.3) is 46.0 Å². The SMILES string of the molecule is CC(=O)Cc1cc2c(NS(=O)(=O)c3ccccc3)cccc2cn1.CN(c1ccccc1)S(=O)(=O)c1cccc2cnccc12.Nc1nccc2c(NS(=O)(=O)c3ccccc3)cccc12.O=C(Nc1ccccc1)c1cccc2cnccc12.O=S(=O)(Nc1ccc2cnccc2c1)c1ccccc1. The van der Waals surface area contributed by atoms with Crippen LogP contribution in [0.15, 0.2) is 342 Å². The summed E-state index contributed by atoms with van der Waals surface area (Å²) in [4.78, 5) is 44.9. The van der Waals surface area contributed by atoms with Crippen LogP contribution in [0.2, 0.25) is 0 Å². The summed E-state index contributed by atoms with van der Waals surface area (Å²) in [7, 11) is -12.9. The number of rotatable bonds is 16. The molecule has 15 rings (SSSR count). The van der Waals surface area contributed by atoms with E-state index in [0.29, 0.717) is 61.4 Å². The van der Waals surface area contributed by atoms with Crippen LogP contribution < -0.4 is 29.5 Å². The van der Waals surface area contributed by atoms with Crippen LogP contribution in [-0.2, 0) is 51.3 Å². The van der Waals surface area contributed by atoms with Crippen molar-refractivity contribution in [2.24, 2.45) is 0 Å². The van der Waals surface area contributed by atoms with Crippen LogP contribution in [0.4, 0.5) is 34.3 Å². The summed E-state index contributed by atoms with van der Waals surface area (Å²) < 4.78 is 109. The molecule has 0 unspecified atom stereocenters. The maximum atomic E-state index is 12.9. The maximum Gasteiger partial charge on any atom is 0.264 e. The van der Waals surface area contributed by atoms with Crippen molar-refractivity contribution in [1.82, 2.24) is 24.9 Å². The summed E-state index contributed by atoms with van der Waals surface area (Å²) in [5.41, 5.74) is 9.97. The van der Waals surface area contributed by atoms with Gasteiger partial charge in [0, 0.05) is 129 Å². The minimum absolute atomic E-state index is 0.00389. The zero-order valence-electron chi connectivity index (χ0n) is 56.3. The molecule has 0 saturated carbocycles. The Morgan fingerprint density at radius 2 is 0.867 bits per heavy atom. The molecule has 0 fully saturated rings. The van der Waals surface area contributed by atoms with Crippen LogP contribution in [0, 0.1) is 0 Å². The predicted octanol–water partition coefficient (Wildman–Crippen LogP) is 15.4. The molecule has 0 bridgehead atoms. The van der Waals surface area contributed by atoms with Crippen molar-refractivity contribution in [3.05, 3.63) is 334 Å². The number of nitrogens with one attached hydrogen (secondary N) is 4. The zero-order valence-corrected chi connectivity index (χ0v) is 59.5. The molecule has 0 spiro atoms. The normalized spacial score (nSPS) is 11.2. The van der Waals surface area contributed by atoms with E-state index in [-0.39, 0.29) is 37.7 Å². The molecular formula is C80H67N11O10S4. The molecule has 0 radical (unpaired) electrons. The van der Waals surface area contributed by atoms with Crippen molar-refractivity contribution >= 4 is 140 Å². The molecule has 10 aromatic carbocycles. The average molecular weight is 1470 g/mol. The topological polar surface area (TPSA) is 313 Å². The van der Waals surface area contributed by atoms with E-state index in [1.165, 1.54) is 23.4 Å². The Bertz CT molecular complexity index is 6060. The molecule has 526 valence electrons. The molecule has 0 aliphatic carbocycles. The third-order valence-electron chi connectivity index (χ3n) is 16.0. The molecule has 0 aliphatic rings. The number of carbonyl (C=O) groups is 2. The first-order chi connectivity index (χ1) is 50.6. The lowest BCUT2D eigenvalue weighted by Gasteiger charge is -2.20. The van der Waals surface area contributed by atoms with Crippen LogP contribution in [0.5, 0.6) is 0 Å². The molecule has 0 atom stereocenters. The van der Waals surface area contributed by atoms with Gasteiger partial charge in [0.2, 0.25) is 0 Å². The summed E-state index contributed by atoms with van der Waals surface area (Å²) in [5.74, 6) is 0.264. The van der Waals surface area contributed by atoms with Gasteiger partial charge in [0.05, 0.1) is 36.6 Å². The number of para-hydroxylation sites is 2. The minimum Gasteiger partial charge on any atom is -0.383 e. The molecule has 0 aliphatic heterocycles. The van der Waals surface area contributed by atoms with E-state index in [4.69, 9.17) is 5.73 Å². The average Bonchev–Trinajstić information content (AvgIpc) is 0.743. The molecule has 1 amide bonds. The number of amides is 1. The molecule has 5 heterocycles. The van der Waals surface area contributed by atoms with Gasteiger partial charge in [-0.1, -0.05) is 146 Å². The highest BCUT2D eigenvalue weighted by molar-refractivity contribution is 7.93. The smallest absolute Gasteiger partial charge is 0.264 e. The number of nitrogen functional groups attached to an aromatic ring is 1. The second-order valence-corrected chi connectivity index (χ2v) is 30.2. The van der Waals surface area contributed by atoms with E-state index in [2.05, 4.69) is 44.4 Å². The predicted molar refractivity (Wildman–Crippen MR) is 416 cm³/mol. The molecular weight excluding hydrogens is 1400 g/mol. The van der Waals surface area contributed by atoms with Crippen LogP contribution in [0.3, 0.4) is 0 Å². The van der Waals surface area contributed by atoms with E-state index in [1.807, 2.05) is 97.1 Å². The van der Waals surface area contributed by atoms with Gasteiger partial charge in [0.15, 0.2) is 0 Å². The van der Waals surface area contributed by atoms with Crippen molar-refractivity contribution < 1.29 is 43.3 Å². The van der Waals surface area contributed by atoms with Crippen LogP contribution >= 0.6 is 0 Å². The number of nitrogens with zero attached hydrogens (tertiary/aromatic N) is 6. The fraction of sp³-hybridized carbons (Fsp3) is 0.0375.